The number of piperazine rings is 1. The third-order valence-corrected chi connectivity index (χ3v) is 8.29. The van der Waals surface area contributed by atoms with E-state index in [1.54, 1.807) is 23.1 Å². The van der Waals surface area contributed by atoms with Crippen molar-refractivity contribution >= 4 is 34.0 Å². The number of thioether (sulfide) groups is 1. The van der Waals surface area contributed by atoms with Gasteiger partial charge in [0.2, 0.25) is 0 Å². The number of nitrogens with zero attached hydrogens (tertiary/aromatic N) is 2. The molecule has 0 radical (unpaired) electrons. The van der Waals surface area contributed by atoms with E-state index < -0.39 is 0 Å². The van der Waals surface area contributed by atoms with Gasteiger partial charge in [-0.1, -0.05) is 37.3 Å². The Morgan fingerprint density at radius 2 is 1.79 bits per heavy atom. The Labute approximate surface area is 210 Å². The standard InChI is InChI=1S/C27H33N3O2S2/c1-3-22-19-24(27(34-22)28-26(32)21-7-5-4-6-8-21)25(20-9-11-23(33-2)12-10-20)30-15-13-29(14-16-30)17-18-31/h4-12,19,25,31H,3,13-18H2,1-2H3,(H,28,32). The summed E-state index contributed by atoms with van der Waals surface area (Å²) < 4.78 is 0. The zero-order valence-corrected chi connectivity index (χ0v) is 21.5. The van der Waals surface area contributed by atoms with Crippen LogP contribution in [0.25, 0.3) is 0 Å². The minimum atomic E-state index is -0.0735. The SMILES string of the molecule is CCc1cc(C(c2ccc(SC)cc2)N2CCN(CCO)CC2)c(NC(=O)c2ccccc2)s1. The van der Waals surface area contributed by atoms with Crippen molar-refractivity contribution in [3.8, 4) is 0 Å². The number of nitrogens with one attached hydrogen (secondary N) is 1. The molecule has 0 aliphatic carbocycles. The minimum Gasteiger partial charge on any atom is -0.395 e. The van der Waals surface area contributed by atoms with E-state index in [0.717, 1.165) is 44.1 Å². The molecule has 2 aromatic carbocycles. The van der Waals surface area contributed by atoms with Gasteiger partial charge in [0.15, 0.2) is 0 Å². The zero-order chi connectivity index (χ0) is 23.9. The molecular weight excluding hydrogens is 462 g/mol. The van der Waals surface area contributed by atoms with Gasteiger partial charge in [-0.3, -0.25) is 14.6 Å². The molecule has 1 aliphatic rings. The number of hydrogen-bond acceptors (Lipinski definition) is 6. The van der Waals surface area contributed by atoms with Crippen molar-refractivity contribution in [3.63, 3.8) is 0 Å². The topological polar surface area (TPSA) is 55.8 Å². The van der Waals surface area contributed by atoms with Gasteiger partial charge in [0, 0.05) is 53.6 Å². The maximum absolute atomic E-state index is 13.0. The predicted molar refractivity (Wildman–Crippen MR) is 143 cm³/mol. The highest BCUT2D eigenvalue weighted by atomic mass is 32.2. The summed E-state index contributed by atoms with van der Waals surface area (Å²) in [6, 6.07) is 20.6. The van der Waals surface area contributed by atoms with Gasteiger partial charge < -0.3 is 10.4 Å². The first-order valence-corrected chi connectivity index (χ1v) is 13.9. The average Bonchev–Trinajstić information content (AvgIpc) is 3.28. The largest absolute Gasteiger partial charge is 0.395 e. The molecule has 34 heavy (non-hydrogen) atoms. The number of aliphatic hydroxyl groups excluding tert-OH is 1. The van der Waals surface area contributed by atoms with E-state index in [2.05, 4.69) is 58.6 Å². The molecule has 1 aliphatic heterocycles. The van der Waals surface area contributed by atoms with Crippen molar-refractivity contribution in [1.82, 2.24) is 9.80 Å². The first-order chi connectivity index (χ1) is 16.6. The minimum absolute atomic E-state index is 0.0646. The summed E-state index contributed by atoms with van der Waals surface area (Å²) in [5.74, 6) is -0.0735. The molecule has 1 aromatic heterocycles. The predicted octanol–water partition coefficient (Wildman–Crippen LogP) is 4.98. The second-order valence-corrected chi connectivity index (χ2v) is 10.5. The summed E-state index contributed by atoms with van der Waals surface area (Å²) in [5, 5.41) is 13.5. The molecule has 4 rings (SSSR count). The van der Waals surface area contributed by atoms with E-state index >= 15 is 0 Å². The fraction of sp³-hybridized carbons (Fsp3) is 0.370. The molecule has 1 atom stereocenters. The molecule has 0 bridgehead atoms. The summed E-state index contributed by atoms with van der Waals surface area (Å²) >= 11 is 3.42. The van der Waals surface area contributed by atoms with Crippen LogP contribution >= 0.6 is 23.1 Å². The van der Waals surface area contributed by atoms with Crippen molar-refractivity contribution in [2.45, 2.75) is 24.3 Å². The van der Waals surface area contributed by atoms with Crippen LogP contribution in [-0.2, 0) is 6.42 Å². The second kappa shape index (κ2) is 12.0. The van der Waals surface area contributed by atoms with Crippen LogP contribution in [0.3, 0.4) is 0 Å². The van der Waals surface area contributed by atoms with Crippen molar-refractivity contribution < 1.29 is 9.90 Å². The van der Waals surface area contributed by atoms with Crippen molar-refractivity contribution in [3.05, 3.63) is 82.2 Å². The van der Waals surface area contributed by atoms with E-state index in [4.69, 9.17) is 0 Å². The van der Waals surface area contributed by atoms with Gasteiger partial charge in [0.25, 0.3) is 5.91 Å². The lowest BCUT2D eigenvalue weighted by Gasteiger charge is -2.39. The number of anilines is 1. The van der Waals surface area contributed by atoms with Crippen LogP contribution < -0.4 is 5.32 Å². The number of hydrogen-bond donors (Lipinski definition) is 2. The smallest absolute Gasteiger partial charge is 0.256 e. The number of benzene rings is 2. The number of thiophene rings is 1. The zero-order valence-electron chi connectivity index (χ0n) is 19.9. The molecule has 2 N–H and O–H groups in total. The number of rotatable bonds is 9. The Morgan fingerprint density at radius 1 is 1.09 bits per heavy atom. The molecular formula is C27H33N3O2S2. The number of aryl methyl sites for hydroxylation is 1. The number of β-amino-alcohol motifs (C(OH)–C–C–N with tert-alkyl or cyclic N) is 1. The average molecular weight is 496 g/mol. The van der Waals surface area contributed by atoms with E-state index in [-0.39, 0.29) is 18.6 Å². The van der Waals surface area contributed by atoms with E-state index in [1.807, 2.05) is 30.3 Å². The number of amides is 1. The third-order valence-electron chi connectivity index (χ3n) is 6.34. The third kappa shape index (κ3) is 5.90. The van der Waals surface area contributed by atoms with Gasteiger partial charge in [0.1, 0.15) is 5.00 Å². The molecule has 1 unspecified atom stereocenters. The Morgan fingerprint density at radius 3 is 2.41 bits per heavy atom. The fourth-order valence-corrected chi connectivity index (χ4v) is 5.89. The van der Waals surface area contributed by atoms with Crippen LogP contribution in [0.4, 0.5) is 5.00 Å². The molecule has 1 fully saturated rings. The Kier molecular flexibility index (Phi) is 8.80. The normalized spacial score (nSPS) is 15.9. The van der Waals surface area contributed by atoms with Gasteiger partial charge in [-0.25, -0.2) is 0 Å². The quantitative estimate of drug-likeness (QED) is 0.410. The highest BCUT2D eigenvalue weighted by molar-refractivity contribution is 7.98. The van der Waals surface area contributed by atoms with Gasteiger partial charge in [-0.15, -0.1) is 23.1 Å². The van der Waals surface area contributed by atoms with Gasteiger partial charge in [-0.05, 0) is 48.6 Å². The first-order valence-electron chi connectivity index (χ1n) is 11.8. The molecule has 5 nitrogen and oxygen atoms in total. The number of carbonyl (C=O) groups is 1. The molecule has 3 aromatic rings. The van der Waals surface area contributed by atoms with Crippen LogP contribution in [-0.4, -0.2) is 66.4 Å². The summed E-state index contributed by atoms with van der Waals surface area (Å²) in [5.41, 5.74) is 3.07. The maximum Gasteiger partial charge on any atom is 0.256 e. The lowest BCUT2D eigenvalue weighted by Crippen LogP contribution is -2.48. The van der Waals surface area contributed by atoms with Crippen LogP contribution in [0.1, 0.15) is 39.3 Å². The Bertz CT molecular complexity index is 1060. The highest BCUT2D eigenvalue weighted by Gasteiger charge is 2.30. The van der Waals surface area contributed by atoms with Crippen LogP contribution in [0.5, 0.6) is 0 Å². The molecule has 2 heterocycles. The fourth-order valence-electron chi connectivity index (χ4n) is 4.46. The molecule has 1 saturated heterocycles. The van der Waals surface area contributed by atoms with Gasteiger partial charge in [0.05, 0.1) is 12.6 Å². The van der Waals surface area contributed by atoms with Crippen molar-refractivity contribution in [1.29, 1.82) is 0 Å². The van der Waals surface area contributed by atoms with E-state index in [9.17, 15) is 9.90 Å². The molecule has 1 amide bonds. The Balaban J connectivity index is 1.69. The number of carbonyl (C=O) groups excluding carboxylic acids is 1. The highest BCUT2D eigenvalue weighted by Crippen LogP contribution is 2.40. The van der Waals surface area contributed by atoms with E-state index in [1.165, 1.54) is 20.9 Å². The van der Waals surface area contributed by atoms with Crippen LogP contribution in [0.2, 0.25) is 0 Å². The molecule has 180 valence electrons. The maximum atomic E-state index is 13.0. The summed E-state index contributed by atoms with van der Waals surface area (Å²) in [7, 11) is 0. The summed E-state index contributed by atoms with van der Waals surface area (Å²) in [6.45, 7) is 6.76. The van der Waals surface area contributed by atoms with Crippen molar-refractivity contribution in [2.24, 2.45) is 0 Å². The first kappa shape index (κ1) is 24.9. The van der Waals surface area contributed by atoms with Gasteiger partial charge >= 0.3 is 0 Å². The molecule has 0 spiro atoms. The second-order valence-electron chi connectivity index (χ2n) is 8.45. The van der Waals surface area contributed by atoms with E-state index in [0.29, 0.717) is 5.56 Å². The summed E-state index contributed by atoms with van der Waals surface area (Å²) in [6.07, 6.45) is 3.03. The molecule has 0 saturated carbocycles. The lowest BCUT2D eigenvalue weighted by molar-refractivity contribution is 0.0946. The monoisotopic (exact) mass is 495 g/mol. The van der Waals surface area contributed by atoms with Crippen LogP contribution in [0, 0.1) is 0 Å². The summed E-state index contributed by atoms with van der Waals surface area (Å²) in [4.78, 5) is 20.4. The van der Waals surface area contributed by atoms with Crippen molar-refractivity contribution in [2.75, 3.05) is 50.9 Å². The van der Waals surface area contributed by atoms with Gasteiger partial charge in [-0.2, -0.15) is 0 Å². The van der Waals surface area contributed by atoms with Crippen LogP contribution in [0.15, 0.2) is 65.6 Å². The number of aliphatic hydroxyl groups is 1. The lowest BCUT2D eigenvalue weighted by atomic mass is 9.97. The Hall–Kier alpha value is -2.16. The molecule has 7 heteroatoms.